The molecule has 1 unspecified atom stereocenters. The van der Waals surface area contributed by atoms with E-state index in [1.54, 1.807) is 41.2 Å². The van der Waals surface area contributed by atoms with E-state index in [1.165, 1.54) is 23.9 Å². The number of ether oxygens (including phenoxy) is 1. The molecule has 0 spiro atoms. The van der Waals surface area contributed by atoms with Gasteiger partial charge in [0.1, 0.15) is 11.4 Å². The van der Waals surface area contributed by atoms with Gasteiger partial charge in [0.2, 0.25) is 11.8 Å². The van der Waals surface area contributed by atoms with Crippen molar-refractivity contribution < 1.29 is 19.1 Å². The maximum atomic E-state index is 13.1. The number of aromatic nitrogens is 1. The van der Waals surface area contributed by atoms with Crippen molar-refractivity contribution >= 4 is 29.1 Å². The monoisotopic (exact) mass is 468 g/mol. The van der Waals surface area contributed by atoms with E-state index in [0.717, 1.165) is 0 Å². The second kappa shape index (κ2) is 10.1. The summed E-state index contributed by atoms with van der Waals surface area (Å²) in [4.78, 5) is 54.6. The van der Waals surface area contributed by atoms with Gasteiger partial charge in [-0.3, -0.25) is 19.2 Å². The molecule has 2 heterocycles. The van der Waals surface area contributed by atoms with Crippen LogP contribution in [0.15, 0.2) is 41.3 Å². The molecule has 9 heteroatoms. The van der Waals surface area contributed by atoms with Crippen molar-refractivity contribution in [3.63, 3.8) is 0 Å². The second-order valence-corrected chi connectivity index (χ2v) is 9.05. The van der Waals surface area contributed by atoms with Crippen molar-refractivity contribution in [3.05, 3.63) is 52.4 Å². The first-order chi connectivity index (χ1) is 16.0. The zero-order chi connectivity index (χ0) is 25.2. The van der Waals surface area contributed by atoms with Crippen LogP contribution in [0.4, 0.5) is 11.4 Å². The summed E-state index contributed by atoms with van der Waals surface area (Å²) < 4.78 is 6.43. The lowest BCUT2D eigenvalue weighted by Gasteiger charge is -2.31. The third kappa shape index (κ3) is 5.13. The molecule has 1 aromatic heterocycles. The summed E-state index contributed by atoms with van der Waals surface area (Å²) in [6, 6.07) is 8.37. The van der Waals surface area contributed by atoms with E-state index in [-0.39, 0.29) is 42.6 Å². The molecule has 34 heavy (non-hydrogen) atoms. The van der Waals surface area contributed by atoms with Gasteiger partial charge in [-0.1, -0.05) is 0 Å². The van der Waals surface area contributed by atoms with Crippen molar-refractivity contribution in [1.29, 1.82) is 0 Å². The van der Waals surface area contributed by atoms with Gasteiger partial charge in [0.15, 0.2) is 0 Å². The zero-order valence-electron chi connectivity index (χ0n) is 20.5. The number of methoxy groups -OCH3 is 1. The predicted molar refractivity (Wildman–Crippen MR) is 130 cm³/mol. The zero-order valence-corrected chi connectivity index (χ0v) is 20.5. The van der Waals surface area contributed by atoms with E-state index in [0.29, 0.717) is 17.0 Å². The van der Waals surface area contributed by atoms with Crippen molar-refractivity contribution in [2.45, 2.75) is 46.2 Å². The van der Waals surface area contributed by atoms with E-state index in [4.69, 9.17) is 4.74 Å². The highest BCUT2D eigenvalue weighted by Gasteiger charge is 2.35. The first-order valence-corrected chi connectivity index (χ1v) is 11.3. The lowest BCUT2D eigenvalue weighted by atomic mass is 10.1. The van der Waals surface area contributed by atoms with E-state index < -0.39 is 17.4 Å². The predicted octanol–water partition coefficient (Wildman–Crippen LogP) is 2.64. The molecule has 1 N–H and O–H groups in total. The smallest absolute Gasteiger partial charge is 0.274 e. The fourth-order valence-corrected chi connectivity index (χ4v) is 4.26. The number of pyridine rings is 1. The second-order valence-electron chi connectivity index (χ2n) is 9.05. The van der Waals surface area contributed by atoms with Crippen molar-refractivity contribution in [2.24, 2.45) is 13.0 Å². The Kier molecular flexibility index (Phi) is 7.44. The van der Waals surface area contributed by atoms with Crippen LogP contribution in [-0.4, -0.2) is 52.9 Å². The molecule has 2 aromatic rings. The molecule has 0 radical (unpaired) electrons. The molecule has 1 aromatic carbocycles. The number of benzene rings is 1. The molecule has 0 aliphatic carbocycles. The Morgan fingerprint density at radius 3 is 2.26 bits per heavy atom. The van der Waals surface area contributed by atoms with Crippen LogP contribution in [0.1, 0.15) is 44.5 Å². The summed E-state index contributed by atoms with van der Waals surface area (Å²) in [5.74, 6) is -0.787. The highest BCUT2D eigenvalue weighted by molar-refractivity contribution is 6.04. The van der Waals surface area contributed by atoms with E-state index in [9.17, 15) is 19.2 Å². The van der Waals surface area contributed by atoms with Gasteiger partial charge in [-0.15, -0.1) is 0 Å². The Balaban J connectivity index is 1.80. The number of nitrogens with one attached hydrogen (secondary N) is 1. The molecule has 9 nitrogen and oxygen atoms in total. The highest BCUT2D eigenvalue weighted by atomic mass is 16.5. The minimum Gasteiger partial charge on any atom is -0.497 e. The SMILES string of the molecule is COc1ccc(N2CC(C(=O)Nc3cc(C(=O)N(C(C)C)C(C)C)cn(C)c3=O)CC2=O)cc1. The summed E-state index contributed by atoms with van der Waals surface area (Å²) in [5, 5.41) is 2.65. The van der Waals surface area contributed by atoms with E-state index in [2.05, 4.69) is 5.32 Å². The average Bonchev–Trinajstić information content (AvgIpc) is 3.18. The molecular weight excluding hydrogens is 436 g/mol. The summed E-state index contributed by atoms with van der Waals surface area (Å²) in [6.45, 7) is 7.90. The number of hydrogen-bond acceptors (Lipinski definition) is 5. The molecule has 1 saturated heterocycles. The topological polar surface area (TPSA) is 101 Å². The Morgan fingerprint density at radius 2 is 1.71 bits per heavy atom. The van der Waals surface area contributed by atoms with E-state index in [1.807, 2.05) is 27.7 Å². The number of carbonyl (C=O) groups is 3. The molecule has 3 rings (SSSR count). The maximum Gasteiger partial charge on any atom is 0.274 e. The number of anilines is 2. The van der Waals surface area contributed by atoms with Gasteiger partial charge in [0.05, 0.1) is 18.6 Å². The molecule has 0 bridgehead atoms. The van der Waals surface area contributed by atoms with Gasteiger partial charge in [-0.25, -0.2) is 0 Å². The number of nitrogens with zero attached hydrogens (tertiary/aromatic N) is 3. The fourth-order valence-electron chi connectivity index (χ4n) is 4.26. The lowest BCUT2D eigenvalue weighted by Crippen LogP contribution is -2.42. The maximum absolute atomic E-state index is 13.1. The first-order valence-electron chi connectivity index (χ1n) is 11.3. The van der Waals surface area contributed by atoms with Crippen molar-refractivity contribution in [3.8, 4) is 5.75 Å². The molecule has 182 valence electrons. The van der Waals surface area contributed by atoms with Gasteiger partial charge >= 0.3 is 0 Å². The van der Waals surface area contributed by atoms with Crippen molar-refractivity contribution in [2.75, 3.05) is 23.9 Å². The van der Waals surface area contributed by atoms with Crippen LogP contribution in [0.25, 0.3) is 0 Å². The molecule has 3 amide bonds. The van der Waals surface area contributed by atoms with Crippen LogP contribution < -0.4 is 20.5 Å². The molecular formula is C25H32N4O5. The van der Waals surface area contributed by atoms with Gasteiger partial charge in [-0.05, 0) is 58.0 Å². The Hall–Kier alpha value is -3.62. The van der Waals surface area contributed by atoms with Gasteiger partial charge in [-0.2, -0.15) is 0 Å². The van der Waals surface area contributed by atoms with Crippen LogP contribution in [0, 0.1) is 5.92 Å². The minimum absolute atomic E-state index is 0.0150. The molecule has 1 aliphatic heterocycles. The van der Waals surface area contributed by atoms with Gasteiger partial charge in [0, 0.05) is 44.0 Å². The van der Waals surface area contributed by atoms with Crippen LogP contribution in [-0.2, 0) is 16.6 Å². The van der Waals surface area contributed by atoms with E-state index >= 15 is 0 Å². The van der Waals surface area contributed by atoms with Gasteiger partial charge in [0.25, 0.3) is 11.5 Å². The molecule has 1 fully saturated rings. The fraction of sp³-hybridized carbons (Fsp3) is 0.440. The molecule has 1 aliphatic rings. The summed E-state index contributed by atoms with van der Waals surface area (Å²) in [5.41, 5.74) is 0.567. The molecule has 1 atom stereocenters. The number of carbonyl (C=O) groups excluding carboxylic acids is 3. The van der Waals surface area contributed by atoms with Crippen LogP contribution in [0.5, 0.6) is 5.75 Å². The lowest BCUT2D eigenvalue weighted by molar-refractivity contribution is -0.122. The van der Waals surface area contributed by atoms with Crippen LogP contribution >= 0.6 is 0 Å². The number of rotatable bonds is 7. The molecule has 0 saturated carbocycles. The largest absolute Gasteiger partial charge is 0.497 e. The first kappa shape index (κ1) is 25.0. The Morgan fingerprint density at radius 1 is 1.09 bits per heavy atom. The Bertz CT molecular complexity index is 1130. The average molecular weight is 469 g/mol. The highest BCUT2D eigenvalue weighted by Crippen LogP contribution is 2.27. The minimum atomic E-state index is -0.624. The summed E-state index contributed by atoms with van der Waals surface area (Å²) >= 11 is 0. The van der Waals surface area contributed by atoms with Crippen LogP contribution in [0.2, 0.25) is 0 Å². The standard InChI is InChI=1S/C25H32N4O5/c1-15(2)29(16(3)4)24(32)18-11-21(25(33)27(5)13-18)26-23(31)17-12-22(30)28(14-17)19-7-9-20(34-6)10-8-19/h7-11,13,15-17H,12,14H2,1-6H3,(H,26,31). The van der Waals surface area contributed by atoms with Gasteiger partial charge < -0.3 is 24.4 Å². The summed E-state index contributed by atoms with van der Waals surface area (Å²) in [7, 11) is 3.10. The number of amides is 3. The number of aryl methyl sites for hydroxylation is 1. The third-order valence-corrected chi connectivity index (χ3v) is 5.92. The van der Waals surface area contributed by atoms with Crippen LogP contribution in [0.3, 0.4) is 0 Å². The number of hydrogen-bond donors (Lipinski definition) is 1. The third-order valence-electron chi connectivity index (χ3n) is 5.92. The summed E-state index contributed by atoms with van der Waals surface area (Å²) in [6.07, 6.45) is 1.51. The quantitative estimate of drug-likeness (QED) is 0.673. The Labute approximate surface area is 199 Å². The van der Waals surface area contributed by atoms with Crippen molar-refractivity contribution in [1.82, 2.24) is 9.47 Å². The normalized spacial score (nSPS) is 15.7.